The van der Waals surface area contributed by atoms with E-state index in [0.717, 1.165) is 17.1 Å². The Morgan fingerprint density at radius 2 is 2.04 bits per heavy atom. The van der Waals surface area contributed by atoms with Crippen molar-refractivity contribution in [3.05, 3.63) is 23.7 Å². The summed E-state index contributed by atoms with van der Waals surface area (Å²) in [6.07, 6.45) is 2.23. The number of carbonyl (C=O) groups excluding carboxylic acids is 3. The van der Waals surface area contributed by atoms with Crippen molar-refractivity contribution in [2.24, 2.45) is 11.3 Å². The summed E-state index contributed by atoms with van der Waals surface area (Å²) < 4.78 is 5.49. The van der Waals surface area contributed by atoms with E-state index < -0.39 is 11.6 Å². The molecule has 4 amide bonds. The second kappa shape index (κ2) is 6.69. The van der Waals surface area contributed by atoms with Gasteiger partial charge in [-0.3, -0.25) is 14.5 Å². The Morgan fingerprint density at radius 1 is 1.33 bits per heavy atom. The van der Waals surface area contributed by atoms with Gasteiger partial charge in [-0.1, -0.05) is 20.8 Å². The summed E-state index contributed by atoms with van der Waals surface area (Å²) >= 11 is 0. The van der Waals surface area contributed by atoms with Crippen LogP contribution in [0.5, 0.6) is 0 Å². The maximum atomic E-state index is 13.1. The van der Waals surface area contributed by atoms with E-state index in [2.05, 4.69) is 26.1 Å². The smallest absolute Gasteiger partial charge is 0.325 e. The molecule has 148 valence electrons. The number of nitrogens with one attached hydrogen (secondary N) is 1. The molecule has 7 heteroatoms. The fourth-order valence-corrected chi connectivity index (χ4v) is 4.80. The maximum absolute atomic E-state index is 13.1. The molecule has 1 aromatic rings. The molecule has 1 N–H and O–H groups in total. The molecule has 1 aromatic heterocycles. The summed E-state index contributed by atoms with van der Waals surface area (Å²) in [5.41, 5.74) is -0.913. The molecule has 7 nitrogen and oxygen atoms in total. The van der Waals surface area contributed by atoms with Crippen LogP contribution in [0.25, 0.3) is 0 Å². The molecule has 0 radical (unpaired) electrons. The minimum Gasteiger partial charge on any atom is -0.464 e. The first-order valence-corrected chi connectivity index (χ1v) is 9.45. The van der Waals surface area contributed by atoms with Gasteiger partial charge in [0.05, 0.1) is 6.54 Å². The van der Waals surface area contributed by atoms with Crippen LogP contribution in [0.4, 0.5) is 4.79 Å². The highest BCUT2D eigenvalue weighted by atomic mass is 16.3. The number of amides is 4. The molecule has 27 heavy (non-hydrogen) atoms. The molecule has 0 aromatic carbocycles. The summed E-state index contributed by atoms with van der Waals surface area (Å²) in [6.45, 7) is 8.23. The number of nitrogens with zero attached hydrogens (tertiary/aromatic N) is 2. The lowest BCUT2D eigenvalue weighted by Gasteiger charge is -2.43. The number of urea groups is 1. The Hall–Kier alpha value is -2.31. The fraction of sp³-hybridized carbons (Fsp3) is 0.650. The van der Waals surface area contributed by atoms with E-state index in [1.807, 2.05) is 19.1 Å². The summed E-state index contributed by atoms with van der Waals surface area (Å²) in [5.74, 6) is 1.20. The molecule has 2 fully saturated rings. The lowest BCUT2D eigenvalue weighted by Crippen LogP contribution is -2.54. The molecule has 2 heterocycles. The van der Waals surface area contributed by atoms with Crippen LogP contribution in [0, 0.1) is 18.3 Å². The molecule has 1 aliphatic carbocycles. The van der Waals surface area contributed by atoms with Gasteiger partial charge >= 0.3 is 6.03 Å². The first-order valence-electron chi connectivity index (χ1n) is 9.45. The van der Waals surface area contributed by atoms with E-state index in [1.165, 1.54) is 4.90 Å². The summed E-state index contributed by atoms with van der Waals surface area (Å²) in [5, 5.41) is 2.90. The van der Waals surface area contributed by atoms with Crippen LogP contribution in [0.15, 0.2) is 16.5 Å². The average Bonchev–Trinajstić information content (AvgIpc) is 3.02. The summed E-state index contributed by atoms with van der Waals surface area (Å²) in [6, 6.07) is 3.18. The van der Waals surface area contributed by atoms with Gasteiger partial charge in [0.2, 0.25) is 5.91 Å². The van der Waals surface area contributed by atoms with Crippen LogP contribution < -0.4 is 5.32 Å². The van der Waals surface area contributed by atoms with Crippen LogP contribution in [0.1, 0.15) is 51.6 Å². The standard InChI is InChI=1S/C20H29N3O4/c1-13-8-19(3,4)12-20(9-13)17(25)23(18(26)21-20)11-16(24)22(5)10-15-7-6-14(2)27-15/h6-7,13H,8-12H2,1-5H3,(H,21,26). The van der Waals surface area contributed by atoms with Crippen molar-refractivity contribution < 1.29 is 18.8 Å². The Kier molecular flexibility index (Phi) is 4.82. The molecule has 1 saturated carbocycles. The van der Waals surface area contributed by atoms with Gasteiger partial charge in [-0.25, -0.2) is 4.79 Å². The van der Waals surface area contributed by atoms with Crippen molar-refractivity contribution in [1.29, 1.82) is 0 Å². The number of likely N-dealkylation sites (N-methyl/N-ethyl adjacent to an activating group) is 1. The highest BCUT2D eigenvalue weighted by Crippen LogP contribution is 2.46. The largest absolute Gasteiger partial charge is 0.464 e. The molecule has 2 unspecified atom stereocenters. The third-order valence-corrected chi connectivity index (χ3v) is 5.53. The number of carbonyl (C=O) groups is 3. The number of hydrogen-bond acceptors (Lipinski definition) is 4. The highest BCUT2D eigenvalue weighted by Gasteiger charge is 2.56. The number of hydrogen-bond donors (Lipinski definition) is 1. The van der Waals surface area contributed by atoms with Gasteiger partial charge < -0.3 is 14.6 Å². The minimum absolute atomic E-state index is 0.0332. The first kappa shape index (κ1) is 19.5. The average molecular weight is 375 g/mol. The molecule has 1 spiro atoms. The Morgan fingerprint density at radius 3 is 2.63 bits per heavy atom. The van der Waals surface area contributed by atoms with Gasteiger partial charge in [0, 0.05) is 7.05 Å². The van der Waals surface area contributed by atoms with Crippen LogP contribution >= 0.6 is 0 Å². The van der Waals surface area contributed by atoms with Gasteiger partial charge in [0.25, 0.3) is 5.91 Å². The van der Waals surface area contributed by atoms with Crippen LogP contribution in [0.2, 0.25) is 0 Å². The molecule has 2 atom stereocenters. The lowest BCUT2D eigenvalue weighted by molar-refractivity contribution is -0.140. The van der Waals surface area contributed by atoms with Crippen LogP contribution in [-0.4, -0.2) is 46.8 Å². The Labute approximate surface area is 160 Å². The van der Waals surface area contributed by atoms with Gasteiger partial charge in [-0.2, -0.15) is 0 Å². The normalized spacial score (nSPS) is 27.1. The lowest BCUT2D eigenvalue weighted by atomic mass is 9.64. The molecular weight excluding hydrogens is 346 g/mol. The molecule has 2 aliphatic rings. The fourth-order valence-electron chi connectivity index (χ4n) is 4.80. The number of rotatable bonds is 4. The third kappa shape index (κ3) is 3.87. The molecule has 1 saturated heterocycles. The van der Waals surface area contributed by atoms with E-state index in [-0.39, 0.29) is 23.8 Å². The zero-order valence-electron chi connectivity index (χ0n) is 16.8. The highest BCUT2D eigenvalue weighted by molar-refractivity contribution is 6.09. The summed E-state index contributed by atoms with van der Waals surface area (Å²) in [7, 11) is 1.64. The van der Waals surface area contributed by atoms with Crippen molar-refractivity contribution in [1.82, 2.24) is 15.1 Å². The van der Waals surface area contributed by atoms with Crippen molar-refractivity contribution in [2.45, 2.75) is 59.0 Å². The number of furan rings is 1. The SMILES string of the molecule is Cc1ccc(CN(C)C(=O)CN2C(=O)NC3(CC(C)CC(C)(C)C3)C2=O)o1. The predicted octanol–water partition coefficient (Wildman–Crippen LogP) is 2.68. The van der Waals surface area contributed by atoms with Gasteiger partial charge in [-0.15, -0.1) is 0 Å². The number of aryl methyl sites for hydroxylation is 1. The first-order chi connectivity index (χ1) is 12.5. The summed E-state index contributed by atoms with van der Waals surface area (Å²) in [4.78, 5) is 40.7. The molecule has 1 aliphatic heterocycles. The van der Waals surface area contributed by atoms with Crippen LogP contribution in [-0.2, 0) is 16.1 Å². The quantitative estimate of drug-likeness (QED) is 0.820. The number of imide groups is 1. The van der Waals surface area contributed by atoms with E-state index in [0.29, 0.717) is 31.1 Å². The van der Waals surface area contributed by atoms with Crippen molar-refractivity contribution in [2.75, 3.05) is 13.6 Å². The molecule has 3 rings (SSSR count). The second-order valence-corrected chi connectivity index (χ2v) is 9.02. The van der Waals surface area contributed by atoms with Crippen LogP contribution in [0.3, 0.4) is 0 Å². The van der Waals surface area contributed by atoms with Gasteiger partial charge in [0.1, 0.15) is 23.6 Å². The van der Waals surface area contributed by atoms with Gasteiger partial charge in [-0.05, 0) is 49.7 Å². The maximum Gasteiger partial charge on any atom is 0.325 e. The van der Waals surface area contributed by atoms with E-state index in [4.69, 9.17) is 4.42 Å². The third-order valence-electron chi connectivity index (χ3n) is 5.53. The van der Waals surface area contributed by atoms with Gasteiger partial charge in [0.15, 0.2) is 0 Å². The molecular formula is C20H29N3O4. The zero-order chi connectivity index (χ0) is 20.0. The monoisotopic (exact) mass is 375 g/mol. The topological polar surface area (TPSA) is 82.9 Å². The second-order valence-electron chi connectivity index (χ2n) is 9.02. The Balaban J connectivity index is 1.69. The molecule has 0 bridgehead atoms. The zero-order valence-corrected chi connectivity index (χ0v) is 16.8. The van der Waals surface area contributed by atoms with Crippen molar-refractivity contribution in [3.8, 4) is 0 Å². The van der Waals surface area contributed by atoms with Crippen molar-refractivity contribution >= 4 is 17.8 Å². The van der Waals surface area contributed by atoms with Crippen molar-refractivity contribution in [3.63, 3.8) is 0 Å². The van der Waals surface area contributed by atoms with E-state index in [9.17, 15) is 14.4 Å². The van der Waals surface area contributed by atoms with E-state index >= 15 is 0 Å². The van der Waals surface area contributed by atoms with E-state index in [1.54, 1.807) is 7.05 Å². The predicted molar refractivity (Wildman–Crippen MR) is 99.7 cm³/mol. The Bertz CT molecular complexity index is 769. The minimum atomic E-state index is -0.880.